The maximum Gasteiger partial charge on any atom is 0.255 e. The SMILES string of the molecule is CC(C)(C)[C@H](N)C(=O)NCc1cccc(NC(=O)c2ccc(F)cc2)c1. The number of carbonyl (C=O) groups excluding carboxylic acids is 2. The molecule has 0 fully saturated rings. The van der Waals surface area contributed by atoms with Crippen LogP contribution in [0.4, 0.5) is 10.1 Å². The molecule has 6 heteroatoms. The summed E-state index contributed by atoms with van der Waals surface area (Å²) in [6.45, 7) is 6.03. The summed E-state index contributed by atoms with van der Waals surface area (Å²) in [6.07, 6.45) is 0. The molecule has 0 heterocycles. The largest absolute Gasteiger partial charge is 0.351 e. The zero-order valence-electron chi connectivity index (χ0n) is 15.2. The highest BCUT2D eigenvalue weighted by atomic mass is 19.1. The molecule has 0 saturated heterocycles. The predicted molar refractivity (Wildman–Crippen MR) is 100 cm³/mol. The minimum atomic E-state index is -0.608. The van der Waals surface area contributed by atoms with Gasteiger partial charge in [-0.2, -0.15) is 0 Å². The van der Waals surface area contributed by atoms with E-state index >= 15 is 0 Å². The van der Waals surface area contributed by atoms with Gasteiger partial charge in [-0.05, 0) is 47.4 Å². The standard InChI is InChI=1S/C20H24FN3O2/c1-20(2,3)17(22)19(26)23-12-13-5-4-6-16(11-13)24-18(25)14-7-9-15(21)10-8-14/h4-11,17H,12,22H2,1-3H3,(H,23,26)(H,24,25)/t17-/m1/s1. The van der Waals surface area contributed by atoms with Crippen LogP contribution in [0.15, 0.2) is 48.5 Å². The first-order valence-corrected chi connectivity index (χ1v) is 8.36. The first kappa shape index (κ1) is 19.6. The summed E-state index contributed by atoms with van der Waals surface area (Å²) in [6, 6.07) is 11.8. The Hall–Kier alpha value is -2.73. The highest BCUT2D eigenvalue weighted by Gasteiger charge is 2.27. The number of amides is 2. The van der Waals surface area contributed by atoms with E-state index in [0.29, 0.717) is 17.8 Å². The quantitative estimate of drug-likeness (QED) is 0.769. The van der Waals surface area contributed by atoms with Gasteiger partial charge in [-0.15, -0.1) is 0 Å². The Kier molecular flexibility index (Phi) is 6.10. The van der Waals surface area contributed by atoms with E-state index in [1.807, 2.05) is 26.8 Å². The van der Waals surface area contributed by atoms with Crippen molar-refractivity contribution in [3.05, 3.63) is 65.5 Å². The molecule has 2 aromatic rings. The molecule has 2 amide bonds. The molecule has 26 heavy (non-hydrogen) atoms. The van der Waals surface area contributed by atoms with Gasteiger partial charge in [-0.1, -0.05) is 32.9 Å². The topological polar surface area (TPSA) is 84.2 Å². The second-order valence-electron chi connectivity index (χ2n) is 7.22. The lowest BCUT2D eigenvalue weighted by Gasteiger charge is -2.25. The van der Waals surface area contributed by atoms with E-state index in [4.69, 9.17) is 5.73 Å². The molecule has 0 aliphatic heterocycles. The van der Waals surface area contributed by atoms with Crippen molar-refractivity contribution >= 4 is 17.5 Å². The van der Waals surface area contributed by atoms with E-state index < -0.39 is 11.9 Å². The van der Waals surface area contributed by atoms with E-state index in [9.17, 15) is 14.0 Å². The third-order valence-corrected chi connectivity index (χ3v) is 3.97. The fraction of sp³-hybridized carbons (Fsp3) is 0.300. The van der Waals surface area contributed by atoms with Gasteiger partial charge in [0.1, 0.15) is 5.82 Å². The van der Waals surface area contributed by atoms with Gasteiger partial charge in [0.25, 0.3) is 5.91 Å². The molecule has 0 radical (unpaired) electrons. The highest BCUT2D eigenvalue weighted by molar-refractivity contribution is 6.04. The molecule has 4 N–H and O–H groups in total. The molecule has 0 aromatic heterocycles. The molecule has 0 aliphatic carbocycles. The number of hydrogen-bond acceptors (Lipinski definition) is 3. The summed E-state index contributed by atoms with van der Waals surface area (Å²) in [5.74, 6) is -0.952. The highest BCUT2D eigenvalue weighted by Crippen LogP contribution is 2.18. The molecule has 2 aromatic carbocycles. The van der Waals surface area contributed by atoms with Crippen LogP contribution < -0.4 is 16.4 Å². The number of carbonyl (C=O) groups is 2. The Morgan fingerprint density at radius 1 is 1.12 bits per heavy atom. The van der Waals surface area contributed by atoms with Crippen LogP contribution in [-0.4, -0.2) is 17.9 Å². The van der Waals surface area contributed by atoms with Gasteiger partial charge < -0.3 is 16.4 Å². The average molecular weight is 357 g/mol. The van der Waals surface area contributed by atoms with Crippen LogP contribution in [0.25, 0.3) is 0 Å². The number of hydrogen-bond donors (Lipinski definition) is 3. The molecule has 5 nitrogen and oxygen atoms in total. The number of rotatable bonds is 5. The van der Waals surface area contributed by atoms with Crippen molar-refractivity contribution in [1.82, 2.24) is 5.32 Å². The fourth-order valence-electron chi connectivity index (χ4n) is 2.26. The van der Waals surface area contributed by atoms with E-state index in [1.54, 1.807) is 18.2 Å². The summed E-state index contributed by atoms with van der Waals surface area (Å²) in [7, 11) is 0. The second-order valence-corrected chi connectivity index (χ2v) is 7.22. The number of anilines is 1. The van der Waals surface area contributed by atoms with Crippen LogP contribution >= 0.6 is 0 Å². The lowest BCUT2D eigenvalue weighted by molar-refractivity contribution is -0.124. The molecule has 0 unspecified atom stereocenters. The van der Waals surface area contributed by atoms with Gasteiger partial charge in [0, 0.05) is 17.8 Å². The summed E-state index contributed by atoms with van der Waals surface area (Å²) in [4.78, 5) is 24.3. The smallest absolute Gasteiger partial charge is 0.255 e. The van der Waals surface area contributed by atoms with Crippen LogP contribution in [0.3, 0.4) is 0 Å². The maximum absolute atomic E-state index is 12.9. The monoisotopic (exact) mass is 357 g/mol. The zero-order chi connectivity index (χ0) is 19.3. The van der Waals surface area contributed by atoms with Crippen LogP contribution in [0.5, 0.6) is 0 Å². The first-order valence-electron chi connectivity index (χ1n) is 8.36. The minimum Gasteiger partial charge on any atom is -0.351 e. The van der Waals surface area contributed by atoms with E-state index in [0.717, 1.165) is 5.56 Å². The Morgan fingerprint density at radius 3 is 2.38 bits per heavy atom. The third kappa shape index (κ3) is 5.39. The van der Waals surface area contributed by atoms with Crippen LogP contribution in [-0.2, 0) is 11.3 Å². The van der Waals surface area contributed by atoms with Gasteiger partial charge >= 0.3 is 0 Å². The molecule has 2 rings (SSSR count). The summed E-state index contributed by atoms with van der Waals surface area (Å²) < 4.78 is 12.9. The molecule has 0 spiro atoms. The molecule has 1 atom stereocenters. The summed E-state index contributed by atoms with van der Waals surface area (Å²) in [5.41, 5.74) is 7.39. The van der Waals surface area contributed by atoms with Crippen LogP contribution in [0.2, 0.25) is 0 Å². The van der Waals surface area contributed by atoms with Gasteiger partial charge in [0.05, 0.1) is 6.04 Å². The van der Waals surface area contributed by atoms with Crippen molar-refractivity contribution in [3.8, 4) is 0 Å². The van der Waals surface area contributed by atoms with Crippen molar-refractivity contribution in [1.29, 1.82) is 0 Å². The van der Waals surface area contributed by atoms with Gasteiger partial charge in [-0.25, -0.2) is 4.39 Å². The Bertz CT molecular complexity index is 782. The normalized spacial score (nSPS) is 12.3. The van der Waals surface area contributed by atoms with Crippen LogP contribution in [0.1, 0.15) is 36.7 Å². The summed E-state index contributed by atoms with van der Waals surface area (Å²) >= 11 is 0. The van der Waals surface area contributed by atoms with Gasteiger partial charge in [-0.3, -0.25) is 9.59 Å². The lowest BCUT2D eigenvalue weighted by atomic mass is 9.87. The summed E-state index contributed by atoms with van der Waals surface area (Å²) in [5, 5.41) is 5.56. The van der Waals surface area contributed by atoms with Gasteiger partial charge in [0.15, 0.2) is 0 Å². The first-order chi connectivity index (χ1) is 12.2. The fourth-order valence-corrected chi connectivity index (χ4v) is 2.26. The zero-order valence-corrected chi connectivity index (χ0v) is 15.2. The van der Waals surface area contributed by atoms with Crippen molar-refractivity contribution in [2.45, 2.75) is 33.4 Å². The molecule has 0 aliphatic rings. The number of nitrogens with one attached hydrogen (secondary N) is 2. The van der Waals surface area contributed by atoms with Gasteiger partial charge in [0.2, 0.25) is 5.91 Å². The lowest BCUT2D eigenvalue weighted by Crippen LogP contribution is -2.48. The maximum atomic E-state index is 12.9. The molecular weight excluding hydrogens is 333 g/mol. The molecular formula is C20H24FN3O2. The Morgan fingerprint density at radius 2 is 1.77 bits per heavy atom. The van der Waals surface area contributed by atoms with Crippen molar-refractivity contribution < 1.29 is 14.0 Å². The Balaban J connectivity index is 1.98. The third-order valence-electron chi connectivity index (χ3n) is 3.97. The van der Waals surface area contributed by atoms with E-state index in [-0.39, 0.29) is 17.2 Å². The Labute approximate surface area is 152 Å². The number of nitrogens with two attached hydrogens (primary N) is 1. The number of halogens is 1. The van der Waals surface area contributed by atoms with E-state index in [2.05, 4.69) is 10.6 Å². The van der Waals surface area contributed by atoms with Crippen molar-refractivity contribution in [2.75, 3.05) is 5.32 Å². The predicted octanol–water partition coefficient (Wildman–Crippen LogP) is 3.07. The minimum absolute atomic E-state index is 0.224. The molecule has 138 valence electrons. The average Bonchev–Trinajstić information content (AvgIpc) is 2.59. The van der Waals surface area contributed by atoms with Crippen molar-refractivity contribution in [2.24, 2.45) is 11.1 Å². The van der Waals surface area contributed by atoms with Crippen LogP contribution in [0, 0.1) is 11.2 Å². The molecule has 0 bridgehead atoms. The van der Waals surface area contributed by atoms with Crippen molar-refractivity contribution in [3.63, 3.8) is 0 Å². The van der Waals surface area contributed by atoms with E-state index in [1.165, 1.54) is 24.3 Å². The molecule has 0 saturated carbocycles. The number of benzene rings is 2. The second kappa shape index (κ2) is 8.10.